The van der Waals surface area contributed by atoms with E-state index in [1.54, 1.807) is 7.11 Å². The zero-order chi connectivity index (χ0) is 12.1. The highest BCUT2D eigenvalue weighted by Crippen LogP contribution is 2.21. The summed E-state index contributed by atoms with van der Waals surface area (Å²) in [5, 5.41) is 12.3. The van der Waals surface area contributed by atoms with Crippen LogP contribution in [-0.2, 0) is 0 Å². The van der Waals surface area contributed by atoms with E-state index < -0.39 is 0 Å². The van der Waals surface area contributed by atoms with Crippen LogP contribution in [0.4, 0.5) is 5.82 Å². The van der Waals surface area contributed by atoms with Crippen LogP contribution in [0.3, 0.4) is 0 Å². The van der Waals surface area contributed by atoms with Gasteiger partial charge in [0.05, 0.1) is 12.7 Å². The molecule has 1 aromatic heterocycles. The van der Waals surface area contributed by atoms with E-state index in [0.717, 1.165) is 11.4 Å². The van der Waals surface area contributed by atoms with E-state index in [-0.39, 0.29) is 18.6 Å². The molecule has 16 heavy (non-hydrogen) atoms. The lowest BCUT2D eigenvalue weighted by Crippen LogP contribution is -2.27. The number of ether oxygens (including phenoxy) is 1. The molecule has 0 bridgehead atoms. The van der Waals surface area contributed by atoms with Gasteiger partial charge in [-0.15, -0.1) is 0 Å². The SMILES string of the molecule is COc1ncnc(NC(C)C(C)CO)c1C. The summed E-state index contributed by atoms with van der Waals surface area (Å²) in [4.78, 5) is 8.17. The van der Waals surface area contributed by atoms with Gasteiger partial charge in [-0.1, -0.05) is 6.92 Å². The van der Waals surface area contributed by atoms with Crippen molar-refractivity contribution in [1.29, 1.82) is 0 Å². The first kappa shape index (κ1) is 12.7. The van der Waals surface area contributed by atoms with Crippen LogP contribution in [0, 0.1) is 12.8 Å². The van der Waals surface area contributed by atoms with Gasteiger partial charge >= 0.3 is 0 Å². The number of methoxy groups -OCH3 is 1. The van der Waals surface area contributed by atoms with Crippen LogP contribution in [0.2, 0.25) is 0 Å². The summed E-state index contributed by atoms with van der Waals surface area (Å²) in [6.07, 6.45) is 1.46. The third kappa shape index (κ3) is 2.82. The molecule has 0 spiro atoms. The van der Waals surface area contributed by atoms with E-state index in [9.17, 15) is 0 Å². The van der Waals surface area contributed by atoms with Gasteiger partial charge in [0.1, 0.15) is 12.1 Å². The molecule has 1 rings (SSSR count). The highest BCUT2D eigenvalue weighted by Gasteiger charge is 2.14. The normalized spacial score (nSPS) is 14.3. The number of aliphatic hydroxyl groups excluding tert-OH is 1. The molecule has 0 radical (unpaired) electrons. The summed E-state index contributed by atoms with van der Waals surface area (Å²) in [6.45, 7) is 6.03. The summed E-state index contributed by atoms with van der Waals surface area (Å²) in [5.41, 5.74) is 0.877. The first-order chi connectivity index (χ1) is 7.60. The van der Waals surface area contributed by atoms with Crippen molar-refractivity contribution in [2.24, 2.45) is 5.92 Å². The topological polar surface area (TPSA) is 67.3 Å². The number of nitrogens with zero attached hydrogens (tertiary/aromatic N) is 2. The van der Waals surface area contributed by atoms with Crippen LogP contribution in [0.5, 0.6) is 5.88 Å². The van der Waals surface area contributed by atoms with Crippen molar-refractivity contribution in [3.63, 3.8) is 0 Å². The van der Waals surface area contributed by atoms with Crippen molar-refractivity contribution < 1.29 is 9.84 Å². The summed E-state index contributed by atoms with van der Waals surface area (Å²) in [7, 11) is 1.58. The molecule has 1 aromatic rings. The first-order valence-electron chi connectivity index (χ1n) is 5.33. The zero-order valence-electron chi connectivity index (χ0n) is 10.2. The highest BCUT2D eigenvalue weighted by molar-refractivity contribution is 5.48. The fourth-order valence-corrected chi connectivity index (χ4v) is 1.30. The summed E-state index contributed by atoms with van der Waals surface area (Å²) < 4.78 is 5.11. The molecule has 0 aliphatic rings. The van der Waals surface area contributed by atoms with E-state index in [1.165, 1.54) is 6.33 Å². The molecular weight excluding hydrogens is 206 g/mol. The van der Waals surface area contributed by atoms with Gasteiger partial charge in [-0.05, 0) is 19.8 Å². The number of rotatable bonds is 5. The number of aliphatic hydroxyl groups is 1. The molecule has 5 nitrogen and oxygen atoms in total. The molecule has 5 heteroatoms. The standard InChI is InChI=1S/C11H19N3O2/c1-7(5-15)9(3)14-10-8(2)11(16-4)13-6-12-10/h6-7,9,15H,5H2,1-4H3,(H,12,13,14). The first-order valence-corrected chi connectivity index (χ1v) is 5.33. The minimum absolute atomic E-state index is 0.142. The summed E-state index contributed by atoms with van der Waals surface area (Å²) in [5.74, 6) is 1.49. The van der Waals surface area contributed by atoms with Crippen molar-refractivity contribution >= 4 is 5.82 Å². The Morgan fingerprint density at radius 2 is 2.12 bits per heavy atom. The van der Waals surface area contributed by atoms with Crippen molar-refractivity contribution in [2.45, 2.75) is 26.8 Å². The second-order valence-electron chi connectivity index (χ2n) is 3.95. The lowest BCUT2D eigenvalue weighted by Gasteiger charge is -2.21. The Bertz CT molecular complexity index is 344. The number of hydrogen-bond acceptors (Lipinski definition) is 5. The molecule has 0 saturated carbocycles. The zero-order valence-corrected chi connectivity index (χ0v) is 10.2. The molecule has 0 amide bonds. The van der Waals surface area contributed by atoms with E-state index >= 15 is 0 Å². The van der Waals surface area contributed by atoms with Gasteiger partial charge in [0.15, 0.2) is 0 Å². The van der Waals surface area contributed by atoms with Crippen molar-refractivity contribution in [3.05, 3.63) is 11.9 Å². The Balaban J connectivity index is 2.81. The summed E-state index contributed by atoms with van der Waals surface area (Å²) >= 11 is 0. The predicted octanol–water partition coefficient (Wildman–Crippen LogP) is 1.22. The lowest BCUT2D eigenvalue weighted by molar-refractivity contribution is 0.226. The van der Waals surface area contributed by atoms with Crippen molar-refractivity contribution in [1.82, 2.24) is 9.97 Å². The number of hydrogen-bond donors (Lipinski definition) is 2. The maximum absolute atomic E-state index is 9.06. The molecule has 0 aliphatic heterocycles. The van der Waals surface area contributed by atoms with Crippen LogP contribution in [-0.4, -0.2) is 34.8 Å². The van der Waals surface area contributed by atoms with E-state index in [4.69, 9.17) is 9.84 Å². The molecule has 2 unspecified atom stereocenters. The monoisotopic (exact) mass is 225 g/mol. The van der Waals surface area contributed by atoms with Crippen molar-refractivity contribution in [2.75, 3.05) is 19.0 Å². The predicted molar refractivity (Wildman–Crippen MR) is 62.7 cm³/mol. The van der Waals surface area contributed by atoms with Crippen LogP contribution in [0.25, 0.3) is 0 Å². The van der Waals surface area contributed by atoms with Crippen LogP contribution in [0.1, 0.15) is 19.4 Å². The number of nitrogens with one attached hydrogen (secondary N) is 1. The maximum Gasteiger partial charge on any atom is 0.221 e. The molecule has 1 heterocycles. The Labute approximate surface area is 95.9 Å². The van der Waals surface area contributed by atoms with Gasteiger partial charge in [0, 0.05) is 12.6 Å². The number of aromatic nitrogens is 2. The third-order valence-corrected chi connectivity index (χ3v) is 2.74. The van der Waals surface area contributed by atoms with Crippen LogP contribution in [0.15, 0.2) is 6.33 Å². The molecule has 90 valence electrons. The van der Waals surface area contributed by atoms with Gasteiger partial charge in [0.25, 0.3) is 0 Å². The van der Waals surface area contributed by atoms with Gasteiger partial charge in [-0.3, -0.25) is 0 Å². The van der Waals surface area contributed by atoms with E-state index in [1.807, 2.05) is 20.8 Å². The second-order valence-corrected chi connectivity index (χ2v) is 3.95. The average molecular weight is 225 g/mol. The molecule has 0 fully saturated rings. The average Bonchev–Trinajstić information content (AvgIpc) is 2.30. The van der Waals surface area contributed by atoms with E-state index in [0.29, 0.717) is 5.88 Å². The molecule has 2 N–H and O–H groups in total. The van der Waals surface area contributed by atoms with Gasteiger partial charge in [-0.2, -0.15) is 0 Å². The molecular formula is C11H19N3O2. The number of anilines is 1. The fraction of sp³-hybridized carbons (Fsp3) is 0.636. The minimum Gasteiger partial charge on any atom is -0.481 e. The Kier molecular flexibility index (Phi) is 4.49. The van der Waals surface area contributed by atoms with Crippen molar-refractivity contribution in [3.8, 4) is 5.88 Å². The minimum atomic E-state index is 0.142. The Hall–Kier alpha value is -1.36. The molecule has 0 aliphatic carbocycles. The van der Waals surface area contributed by atoms with Crippen LogP contribution < -0.4 is 10.1 Å². The quantitative estimate of drug-likeness (QED) is 0.788. The maximum atomic E-state index is 9.06. The lowest BCUT2D eigenvalue weighted by atomic mass is 10.1. The Morgan fingerprint density at radius 3 is 2.69 bits per heavy atom. The smallest absolute Gasteiger partial charge is 0.221 e. The largest absolute Gasteiger partial charge is 0.481 e. The van der Waals surface area contributed by atoms with Gasteiger partial charge < -0.3 is 15.2 Å². The molecule has 0 aromatic carbocycles. The molecule has 2 atom stereocenters. The van der Waals surface area contributed by atoms with Gasteiger partial charge in [0.2, 0.25) is 5.88 Å². The van der Waals surface area contributed by atoms with Crippen LogP contribution >= 0.6 is 0 Å². The highest BCUT2D eigenvalue weighted by atomic mass is 16.5. The summed E-state index contributed by atoms with van der Waals surface area (Å²) in [6, 6.07) is 0.142. The third-order valence-electron chi connectivity index (χ3n) is 2.74. The van der Waals surface area contributed by atoms with E-state index in [2.05, 4.69) is 15.3 Å². The second kappa shape index (κ2) is 5.65. The fourth-order valence-electron chi connectivity index (χ4n) is 1.30. The molecule has 0 saturated heterocycles. The van der Waals surface area contributed by atoms with Gasteiger partial charge in [-0.25, -0.2) is 9.97 Å². The Morgan fingerprint density at radius 1 is 1.44 bits per heavy atom.